The Morgan fingerprint density at radius 3 is 2.19 bits per heavy atom. The van der Waals surface area contributed by atoms with Gasteiger partial charge in [0.25, 0.3) is 0 Å². The van der Waals surface area contributed by atoms with Gasteiger partial charge in [-0.1, -0.05) is 46.9 Å². The monoisotopic (exact) mass is 694 g/mol. The van der Waals surface area contributed by atoms with Crippen molar-refractivity contribution in [1.82, 2.24) is 0 Å². The Morgan fingerprint density at radius 1 is 0.872 bits per heavy atom. The van der Waals surface area contributed by atoms with Gasteiger partial charge in [-0.3, -0.25) is 4.90 Å². The van der Waals surface area contributed by atoms with E-state index >= 15 is 0 Å². The maximum atomic E-state index is 13.5. The van der Waals surface area contributed by atoms with Crippen LogP contribution in [0.3, 0.4) is 0 Å². The van der Waals surface area contributed by atoms with Crippen LogP contribution >= 0.6 is 34.8 Å². The first-order valence-electron chi connectivity index (χ1n) is 15.1. The molecule has 0 radical (unpaired) electrons. The lowest BCUT2D eigenvalue weighted by atomic mass is 10.1. The van der Waals surface area contributed by atoms with Crippen molar-refractivity contribution in [3.05, 3.63) is 111 Å². The van der Waals surface area contributed by atoms with Gasteiger partial charge in [-0.15, -0.1) is 5.10 Å². The molecule has 0 saturated carbocycles. The number of halogens is 3. The van der Waals surface area contributed by atoms with Crippen molar-refractivity contribution in [3.63, 3.8) is 0 Å². The van der Waals surface area contributed by atoms with Gasteiger partial charge in [0.15, 0.2) is 17.7 Å². The fourth-order valence-electron chi connectivity index (χ4n) is 5.54. The fraction of sp³-hybridized carbons (Fsp3) is 0.257. The Morgan fingerprint density at radius 2 is 1.53 bits per heavy atom. The van der Waals surface area contributed by atoms with Crippen LogP contribution in [-0.4, -0.2) is 51.8 Å². The summed E-state index contributed by atoms with van der Waals surface area (Å²) in [5.74, 6) is 0.568. The third-order valence-electron chi connectivity index (χ3n) is 7.88. The number of methoxy groups -OCH3 is 1. The zero-order valence-electron chi connectivity index (χ0n) is 25.9. The molecule has 6 rings (SSSR count). The molecule has 2 aliphatic rings. The highest BCUT2D eigenvalue weighted by atomic mass is 35.5. The van der Waals surface area contributed by atoms with Crippen molar-refractivity contribution in [2.75, 3.05) is 54.8 Å². The number of hydrazone groups is 1. The molecule has 0 aromatic heterocycles. The van der Waals surface area contributed by atoms with Gasteiger partial charge in [-0.25, -0.2) is 9.80 Å². The molecule has 0 spiro atoms. The Kier molecular flexibility index (Phi) is 10.3. The largest absolute Gasteiger partial charge is 0.493 e. The molecule has 1 saturated heterocycles. The zero-order valence-corrected chi connectivity index (χ0v) is 28.1. The topological polar surface area (TPSA) is 76.1 Å². The molecule has 0 N–H and O–H groups in total. The minimum atomic E-state index is -0.606. The van der Waals surface area contributed by atoms with Crippen molar-refractivity contribution in [3.8, 4) is 11.5 Å². The van der Waals surface area contributed by atoms with Crippen molar-refractivity contribution < 1.29 is 23.7 Å². The minimum absolute atomic E-state index is 0.138. The summed E-state index contributed by atoms with van der Waals surface area (Å²) < 4.78 is 23.0. The highest BCUT2D eigenvalue weighted by Gasteiger charge is 2.41. The lowest BCUT2D eigenvalue weighted by Gasteiger charge is -2.33. The Labute approximate surface area is 288 Å². The molecule has 1 unspecified atom stereocenters. The minimum Gasteiger partial charge on any atom is -0.493 e. The standard InChI is InChI=1S/C35H33Cl3N4O5/c1-3-46-35(43)33-39-42(27-10-8-24(36)9-11-27)34(41(33)26-14-12-25(13-15-26)40-17-19-45-20-18-40)23-7-16-31(32(21-23)44-2)47-22-28-29(37)5-4-6-30(28)38/h4-16,21,34H,3,17-20,22H2,1-2H3. The predicted molar refractivity (Wildman–Crippen MR) is 186 cm³/mol. The van der Waals surface area contributed by atoms with Gasteiger partial charge in [-0.05, 0) is 79.7 Å². The number of hydrogen-bond donors (Lipinski definition) is 0. The molecule has 244 valence electrons. The van der Waals surface area contributed by atoms with Gasteiger partial charge in [0.05, 0.1) is 32.6 Å². The number of carbonyl (C=O) groups is 1. The van der Waals surface area contributed by atoms with Crippen LogP contribution in [0.5, 0.6) is 11.5 Å². The number of anilines is 3. The average molecular weight is 696 g/mol. The van der Waals surface area contributed by atoms with Crippen LogP contribution in [0, 0.1) is 0 Å². The van der Waals surface area contributed by atoms with Crippen LogP contribution in [0.2, 0.25) is 15.1 Å². The first kappa shape index (κ1) is 32.8. The maximum Gasteiger partial charge on any atom is 0.376 e. The van der Waals surface area contributed by atoms with E-state index in [9.17, 15) is 4.79 Å². The van der Waals surface area contributed by atoms with E-state index in [2.05, 4.69) is 4.90 Å². The second kappa shape index (κ2) is 14.7. The maximum absolute atomic E-state index is 13.5. The van der Waals surface area contributed by atoms with Crippen molar-refractivity contribution in [2.24, 2.45) is 5.10 Å². The number of carbonyl (C=O) groups excluding carboxylic acids is 1. The van der Waals surface area contributed by atoms with Crippen LogP contribution < -0.4 is 24.3 Å². The zero-order chi connectivity index (χ0) is 32.9. The van der Waals surface area contributed by atoms with Crippen LogP contribution in [-0.2, 0) is 20.9 Å². The van der Waals surface area contributed by atoms with E-state index in [4.69, 9.17) is 58.9 Å². The number of rotatable bonds is 10. The highest BCUT2D eigenvalue weighted by molar-refractivity contribution is 6.42. The number of nitrogens with zero attached hydrogens (tertiary/aromatic N) is 4. The Hall–Kier alpha value is -4.15. The highest BCUT2D eigenvalue weighted by Crippen LogP contribution is 2.42. The van der Waals surface area contributed by atoms with E-state index in [1.54, 1.807) is 49.4 Å². The smallest absolute Gasteiger partial charge is 0.376 e. The van der Waals surface area contributed by atoms with Crippen LogP contribution in [0.4, 0.5) is 17.1 Å². The summed E-state index contributed by atoms with van der Waals surface area (Å²) in [7, 11) is 1.57. The number of morpholine rings is 1. The molecular formula is C35H33Cl3N4O5. The van der Waals surface area contributed by atoms with Gasteiger partial charge in [0, 0.05) is 50.7 Å². The van der Waals surface area contributed by atoms with Gasteiger partial charge in [0.1, 0.15) is 6.61 Å². The molecule has 1 atom stereocenters. The second-order valence-corrected chi connectivity index (χ2v) is 12.0. The molecule has 2 aliphatic heterocycles. The first-order valence-corrected chi connectivity index (χ1v) is 16.3. The number of amidine groups is 1. The van der Waals surface area contributed by atoms with Crippen LogP contribution in [0.25, 0.3) is 0 Å². The Balaban J connectivity index is 1.41. The van der Waals surface area contributed by atoms with Gasteiger partial charge >= 0.3 is 5.97 Å². The van der Waals surface area contributed by atoms with Crippen LogP contribution in [0.15, 0.2) is 90.0 Å². The lowest BCUT2D eigenvalue weighted by Crippen LogP contribution is -2.39. The summed E-state index contributed by atoms with van der Waals surface area (Å²) in [6.45, 7) is 5.08. The van der Waals surface area contributed by atoms with E-state index < -0.39 is 12.1 Å². The number of hydrogen-bond acceptors (Lipinski definition) is 9. The summed E-state index contributed by atoms with van der Waals surface area (Å²) in [5, 5.41) is 8.21. The van der Waals surface area contributed by atoms with Gasteiger partial charge in [-0.2, -0.15) is 0 Å². The number of benzene rings is 4. The van der Waals surface area contributed by atoms with E-state index in [0.717, 1.165) is 35.7 Å². The van der Waals surface area contributed by atoms with E-state index in [-0.39, 0.29) is 19.0 Å². The van der Waals surface area contributed by atoms with Gasteiger partial charge in [0.2, 0.25) is 5.84 Å². The molecule has 2 heterocycles. The number of esters is 1. The van der Waals surface area contributed by atoms with E-state index in [1.807, 2.05) is 59.5 Å². The molecule has 47 heavy (non-hydrogen) atoms. The molecule has 4 aromatic rings. The third kappa shape index (κ3) is 7.09. The molecule has 0 amide bonds. The van der Waals surface area contributed by atoms with Crippen LogP contribution in [0.1, 0.15) is 24.2 Å². The summed E-state index contributed by atoms with van der Waals surface area (Å²) >= 11 is 19.0. The molecule has 0 aliphatic carbocycles. The predicted octanol–water partition coefficient (Wildman–Crippen LogP) is 7.97. The van der Waals surface area contributed by atoms with E-state index in [1.165, 1.54) is 0 Å². The summed E-state index contributed by atoms with van der Waals surface area (Å²) in [5.41, 5.74) is 3.99. The summed E-state index contributed by atoms with van der Waals surface area (Å²) in [6.07, 6.45) is -0.606. The molecule has 1 fully saturated rings. The third-order valence-corrected chi connectivity index (χ3v) is 8.84. The Bertz CT molecular complexity index is 1730. The van der Waals surface area contributed by atoms with Crippen molar-refractivity contribution >= 4 is 63.7 Å². The molecule has 9 nitrogen and oxygen atoms in total. The van der Waals surface area contributed by atoms with E-state index in [0.29, 0.717) is 45.3 Å². The van der Waals surface area contributed by atoms with Crippen molar-refractivity contribution in [1.29, 1.82) is 0 Å². The summed E-state index contributed by atoms with van der Waals surface area (Å²) in [6, 6.07) is 26.3. The SMILES string of the molecule is CCOC(=O)C1=NN(c2ccc(Cl)cc2)C(c2ccc(OCc3c(Cl)cccc3Cl)c(OC)c2)N1c1ccc(N2CCOCC2)cc1. The summed E-state index contributed by atoms with van der Waals surface area (Å²) in [4.78, 5) is 17.6. The average Bonchev–Trinajstić information content (AvgIpc) is 3.50. The first-order chi connectivity index (χ1) is 22.9. The lowest BCUT2D eigenvalue weighted by molar-refractivity contribution is -0.135. The van der Waals surface area contributed by atoms with Crippen molar-refractivity contribution in [2.45, 2.75) is 19.7 Å². The molecule has 4 aromatic carbocycles. The molecule has 12 heteroatoms. The normalized spacial score (nSPS) is 16.2. The second-order valence-electron chi connectivity index (χ2n) is 10.7. The molecular weight excluding hydrogens is 663 g/mol. The molecule has 0 bridgehead atoms. The fourth-order valence-corrected chi connectivity index (χ4v) is 6.17. The quantitative estimate of drug-likeness (QED) is 0.155. The van der Waals surface area contributed by atoms with Gasteiger partial charge < -0.3 is 23.8 Å². The number of ether oxygens (including phenoxy) is 4.